The predicted octanol–water partition coefficient (Wildman–Crippen LogP) is 3.32. The van der Waals surface area contributed by atoms with Gasteiger partial charge in [0.1, 0.15) is 5.82 Å². The molecule has 1 unspecified atom stereocenters. The van der Waals surface area contributed by atoms with Crippen molar-refractivity contribution in [1.29, 1.82) is 0 Å². The first-order valence-corrected chi connectivity index (χ1v) is 8.32. The van der Waals surface area contributed by atoms with Crippen molar-refractivity contribution < 1.29 is 13.7 Å². The number of hydrogen-bond acceptors (Lipinski definition) is 4. The molecule has 1 atom stereocenters. The Morgan fingerprint density at radius 1 is 1.42 bits per heavy atom. The summed E-state index contributed by atoms with van der Waals surface area (Å²) in [7, 11) is 2.02. The molecule has 2 aromatic rings. The van der Waals surface area contributed by atoms with Gasteiger partial charge in [-0.1, -0.05) is 24.2 Å². The minimum Gasteiger partial charge on any atom is -0.337 e. The van der Waals surface area contributed by atoms with E-state index in [0.717, 1.165) is 42.8 Å². The zero-order valence-corrected chi connectivity index (χ0v) is 14.0. The number of nitrogens with one attached hydrogen (secondary N) is 1. The Labute approximate surface area is 140 Å². The largest absolute Gasteiger partial charge is 0.337 e. The minimum atomic E-state index is -0.302. The molecule has 3 rings (SSSR count). The van der Waals surface area contributed by atoms with Gasteiger partial charge in [-0.25, -0.2) is 4.39 Å². The van der Waals surface area contributed by atoms with Crippen LogP contribution < -0.4 is 5.32 Å². The van der Waals surface area contributed by atoms with Gasteiger partial charge in [0.15, 0.2) is 0 Å². The number of hydrogen-bond donors (Lipinski definition) is 1. The Hall–Kier alpha value is -2.21. The summed E-state index contributed by atoms with van der Waals surface area (Å²) in [6.07, 6.45) is 2.55. The van der Waals surface area contributed by atoms with E-state index in [2.05, 4.69) is 15.4 Å². The number of piperidine rings is 1. The van der Waals surface area contributed by atoms with E-state index in [1.807, 2.05) is 14.0 Å². The lowest BCUT2D eigenvalue weighted by molar-refractivity contribution is -0.121. The summed E-state index contributed by atoms with van der Waals surface area (Å²) >= 11 is 0. The molecule has 0 spiro atoms. The van der Waals surface area contributed by atoms with Gasteiger partial charge >= 0.3 is 0 Å². The lowest BCUT2D eigenvalue weighted by Gasteiger charge is -2.28. The molecule has 1 saturated heterocycles. The van der Waals surface area contributed by atoms with E-state index in [0.29, 0.717) is 12.3 Å². The highest BCUT2D eigenvalue weighted by Gasteiger charge is 2.26. The fourth-order valence-corrected chi connectivity index (χ4v) is 3.16. The number of nitrogens with zero attached hydrogens (tertiary/aromatic N) is 2. The van der Waals surface area contributed by atoms with Crippen LogP contribution in [0.25, 0.3) is 11.1 Å². The monoisotopic (exact) mass is 331 g/mol. The van der Waals surface area contributed by atoms with Gasteiger partial charge in [-0.3, -0.25) is 10.1 Å². The van der Waals surface area contributed by atoms with Crippen LogP contribution in [-0.2, 0) is 11.2 Å². The van der Waals surface area contributed by atoms with Crippen LogP contribution in [0.2, 0.25) is 0 Å². The molecule has 6 heteroatoms. The van der Waals surface area contributed by atoms with E-state index in [9.17, 15) is 9.18 Å². The van der Waals surface area contributed by atoms with Crippen molar-refractivity contribution in [3.63, 3.8) is 0 Å². The van der Waals surface area contributed by atoms with Crippen molar-refractivity contribution in [2.24, 2.45) is 5.92 Å². The summed E-state index contributed by atoms with van der Waals surface area (Å²) in [6, 6.07) is 6.13. The molecule has 2 heterocycles. The highest BCUT2D eigenvalue weighted by atomic mass is 19.1. The van der Waals surface area contributed by atoms with Crippen LogP contribution in [0.15, 0.2) is 28.8 Å². The predicted molar refractivity (Wildman–Crippen MR) is 90.1 cm³/mol. The Kier molecular flexibility index (Phi) is 4.94. The lowest BCUT2D eigenvalue weighted by atomic mass is 9.97. The fraction of sp³-hybridized carbons (Fsp3) is 0.444. The first-order chi connectivity index (χ1) is 11.6. The number of benzene rings is 1. The summed E-state index contributed by atoms with van der Waals surface area (Å²) in [6.45, 7) is 3.73. The van der Waals surface area contributed by atoms with Crippen LogP contribution in [0.5, 0.6) is 0 Å². The van der Waals surface area contributed by atoms with Crippen molar-refractivity contribution in [3.05, 3.63) is 35.8 Å². The molecule has 1 aliphatic heterocycles. The molecule has 128 valence electrons. The first-order valence-electron chi connectivity index (χ1n) is 8.32. The molecule has 0 bridgehead atoms. The highest BCUT2D eigenvalue weighted by molar-refractivity contribution is 5.95. The van der Waals surface area contributed by atoms with Gasteiger partial charge in [0.05, 0.1) is 17.2 Å². The van der Waals surface area contributed by atoms with E-state index < -0.39 is 0 Å². The molecule has 5 nitrogen and oxygen atoms in total. The van der Waals surface area contributed by atoms with Crippen LogP contribution in [0.4, 0.5) is 10.3 Å². The minimum absolute atomic E-state index is 0.0521. The SMILES string of the molecule is CCc1noc(NC(=O)C2CCCN(C)C2)c1-c1ccc(F)cc1. The number of likely N-dealkylation sites (tertiary alicyclic amines) is 1. The Morgan fingerprint density at radius 2 is 2.17 bits per heavy atom. The molecule has 24 heavy (non-hydrogen) atoms. The van der Waals surface area contributed by atoms with E-state index in [1.165, 1.54) is 12.1 Å². The lowest BCUT2D eigenvalue weighted by Crippen LogP contribution is -2.38. The van der Waals surface area contributed by atoms with E-state index in [1.54, 1.807) is 12.1 Å². The average molecular weight is 331 g/mol. The van der Waals surface area contributed by atoms with Crippen LogP contribution in [0, 0.1) is 11.7 Å². The molecule has 1 aliphatic rings. The quantitative estimate of drug-likeness (QED) is 0.934. The zero-order valence-electron chi connectivity index (χ0n) is 14.0. The number of aromatic nitrogens is 1. The van der Waals surface area contributed by atoms with Crippen LogP contribution in [0.3, 0.4) is 0 Å². The summed E-state index contributed by atoms with van der Waals surface area (Å²) in [5.74, 6) is -0.0653. The maximum atomic E-state index is 13.2. The van der Waals surface area contributed by atoms with Crippen molar-refractivity contribution in [1.82, 2.24) is 10.1 Å². The Balaban J connectivity index is 1.84. The number of amides is 1. The number of aryl methyl sites for hydroxylation is 1. The van der Waals surface area contributed by atoms with Gasteiger partial charge < -0.3 is 9.42 Å². The Morgan fingerprint density at radius 3 is 2.83 bits per heavy atom. The number of rotatable bonds is 4. The number of carbonyl (C=O) groups is 1. The summed E-state index contributed by atoms with van der Waals surface area (Å²) in [4.78, 5) is 14.7. The smallest absolute Gasteiger partial charge is 0.239 e. The van der Waals surface area contributed by atoms with Crippen molar-refractivity contribution in [3.8, 4) is 11.1 Å². The molecule has 0 aliphatic carbocycles. The van der Waals surface area contributed by atoms with Crippen molar-refractivity contribution >= 4 is 11.8 Å². The third-order valence-electron chi connectivity index (χ3n) is 4.46. The van der Waals surface area contributed by atoms with E-state index in [-0.39, 0.29) is 17.6 Å². The highest BCUT2D eigenvalue weighted by Crippen LogP contribution is 2.33. The maximum absolute atomic E-state index is 13.2. The second-order valence-corrected chi connectivity index (χ2v) is 6.28. The zero-order chi connectivity index (χ0) is 17.1. The third kappa shape index (κ3) is 3.48. The summed E-state index contributed by atoms with van der Waals surface area (Å²) in [5, 5.41) is 6.93. The Bertz CT molecular complexity index is 712. The topological polar surface area (TPSA) is 58.4 Å². The van der Waals surface area contributed by atoms with Gasteiger partial charge in [-0.2, -0.15) is 0 Å². The van der Waals surface area contributed by atoms with Gasteiger partial charge in [0.25, 0.3) is 0 Å². The van der Waals surface area contributed by atoms with Crippen molar-refractivity contribution in [2.75, 3.05) is 25.5 Å². The molecule has 1 aromatic heterocycles. The standard InChI is InChI=1S/C18H22FN3O2/c1-3-15-16(12-6-8-14(19)9-7-12)18(24-21-15)20-17(23)13-5-4-10-22(2)11-13/h6-9,13H,3-5,10-11H2,1-2H3,(H,20,23). The molecule has 0 radical (unpaired) electrons. The molecule has 1 aromatic carbocycles. The third-order valence-corrected chi connectivity index (χ3v) is 4.46. The van der Waals surface area contributed by atoms with Gasteiger partial charge in [0.2, 0.25) is 11.8 Å². The number of carbonyl (C=O) groups excluding carboxylic acids is 1. The first kappa shape index (κ1) is 16.6. The number of anilines is 1. The molecule has 0 saturated carbocycles. The second kappa shape index (κ2) is 7.13. The molecule has 1 N–H and O–H groups in total. The fourth-order valence-electron chi connectivity index (χ4n) is 3.16. The number of halogens is 1. The van der Waals surface area contributed by atoms with Crippen LogP contribution in [0.1, 0.15) is 25.5 Å². The summed E-state index contributed by atoms with van der Waals surface area (Å²) < 4.78 is 18.6. The second-order valence-electron chi connectivity index (χ2n) is 6.28. The van der Waals surface area contributed by atoms with Gasteiger partial charge in [-0.05, 0) is 50.6 Å². The normalized spacial score (nSPS) is 18.5. The van der Waals surface area contributed by atoms with E-state index >= 15 is 0 Å². The van der Waals surface area contributed by atoms with Gasteiger partial charge in [0, 0.05) is 6.54 Å². The molecular formula is C18H22FN3O2. The average Bonchev–Trinajstić information content (AvgIpc) is 2.98. The van der Waals surface area contributed by atoms with Gasteiger partial charge in [-0.15, -0.1) is 0 Å². The summed E-state index contributed by atoms with van der Waals surface area (Å²) in [5.41, 5.74) is 2.26. The van der Waals surface area contributed by atoms with Crippen LogP contribution >= 0.6 is 0 Å². The maximum Gasteiger partial charge on any atom is 0.239 e. The molecule has 1 fully saturated rings. The van der Waals surface area contributed by atoms with Crippen LogP contribution in [-0.4, -0.2) is 36.1 Å². The van der Waals surface area contributed by atoms with Crippen molar-refractivity contribution in [2.45, 2.75) is 26.2 Å². The molecular weight excluding hydrogens is 309 g/mol. The van der Waals surface area contributed by atoms with E-state index in [4.69, 9.17) is 4.52 Å². The molecule has 1 amide bonds.